The van der Waals surface area contributed by atoms with Crippen molar-refractivity contribution in [3.05, 3.63) is 252 Å². The van der Waals surface area contributed by atoms with Crippen LogP contribution in [0.1, 0.15) is 45.2 Å². The second kappa shape index (κ2) is 15.1. The molecule has 0 radical (unpaired) electrons. The Balaban J connectivity index is 0.874. The van der Waals surface area contributed by atoms with Gasteiger partial charge in [-0.05, 0) is 81.9 Å². The molecule has 0 spiro atoms. The summed E-state index contributed by atoms with van der Waals surface area (Å²) >= 11 is 0. The van der Waals surface area contributed by atoms with Crippen LogP contribution in [0.25, 0.3) is 112 Å². The van der Waals surface area contributed by atoms with E-state index in [-0.39, 0.29) is 11.8 Å². The molecule has 70 heavy (non-hydrogen) atoms. The summed E-state index contributed by atoms with van der Waals surface area (Å²) in [4.78, 5) is 21.0. The molecule has 9 aromatic carbocycles. The first kappa shape index (κ1) is 38.8. The third-order valence-electron chi connectivity index (χ3n) is 14.5. The number of furan rings is 2. The van der Waals surface area contributed by atoms with Crippen molar-refractivity contribution < 1.29 is 8.83 Å². The molecule has 2 unspecified atom stereocenters. The van der Waals surface area contributed by atoms with E-state index in [1.165, 1.54) is 33.4 Å². The fourth-order valence-electron chi connectivity index (χ4n) is 11.3. The summed E-state index contributed by atoms with van der Waals surface area (Å²) in [5, 5.41) is 4.31. The SMILES string of the molecule is c1ccc(-c2nc(-c3ccc4c(c3)C3c5ccccc5C4c4cc(-c5cc(-c6cccc7c6oc6ccccc67)nc(-c6ccccc6)n5)ccc43)cc(-c3cccc4c3oc3ccccc34)n2)cc1. The Labute approximate surface area is 402 Å². The summed E-state index contributed by atoms with van der Waals surface area (Å²) in [5.74, 6) is 1.40. The predicted octanol–water partition coefficient (Wildman–Crippen LogP) is 16.1. The van der Waals surface area contributed by atoms with Crippen LogP contribution in [0, 0.1) is 0 Å². The molecule has 6 heteroatoms. The lowest BCUT2D eigenvalue weighted by molar-refractivity contribution is 0.669. The standard InChI is InChI=1S/C64H38N4O2/c1-3-15-37(16-4-1)63-65-53(35-55(67-63)49-25-13-23-47-41-19-9-11-27-57(41)69-61(47)49)39-29-31-45-51(33-39)59-43-21-7-8-22-44(43)60(45)52-34-40(30-32-46(52)59)54-36-56(68-64(66-54)38-17-5-2-6-18-38)50-26-14-24-48-42-20-10-12-28-58(42)70-62(48)50/h1-36,59-60H. The van der Waals surface area contributed by atoms with Gasteiger partial charge in [-0.1, -0.05) is 170 Å². The third-order valence-corrected chi connectivity index (χ3v) is 14.5. The summed E-state index contributed by atoms with van der Waals surface area (Å²) in [7, 11) is 0. The molecule has 4 heterocycles. The Kier molecular flexibility index (Phi) is 8.38. The smallest absolute Gasteiger partial charge is 0.160 e. The van der Waals surface area contributed by atoms with Gasteiger partial charge < -0.3 is 8.83 Å². The Morgan fingerprint density at radius 2 is 0.657 bits per heavy atom. The van der Waals surface area contributed by atoms with E-state index in [9.17, 15) is 0 Å². The third kappa shape index (κ3) is 5.93. The van der Waals surface area contributed by atoms with Gasteiger partial charge in [-0.2, -0.15) is 0 Å². The second-order valence-corrected chi connectivity index (χ2v) is 18.4. The van der Waals surface area contributed by atoms with Gasteiger partial charge in [0.25, 0.3) is 0 Å². The van der Waals surface area contributed by atoms with Crippen LogP contribution >= 0.6 is 0 Å². The van der Waals surface area contributed by atoms with Crippen LogP contribution in [0.4, 0.5) is 0 Å². The summed E-state index contributed by atoms with van der Waals surface area (Å²) in [6.45, 7) is 0. The predicted molar refractivity (Wildman–Crippen MR) is 280 cm³/mol. The molecule has 3 aliphatic carbocycles. The zero-order chi connectivity index (χ0) is 45.9. The van der Waals surface area contributed by atoms with Crippen molar-refractivity contribution in [2.45, 2.75) is 11.8 Å². The van der Waals surface area contributed by atoms with E-state index in [1.54, 1.807) is 0 Å². The number of hydrogen-bond acceptors (Lipinski definition) is 6. The highest BCUT2D eigenvalue weighted by atomic mass is 16.3. The molecule has 0 aliphatic heterocycles. The molecule has 16 rings (SSSR count). The molecule has 2 bridgehead atoms. The Morgan fingerprint density at radius 1 is 0.271 bits per heavy atom. The molecule has 4 aromatic heterocycles. The fraction of sp³-hybridized carbons (Fsp3) is 0.0312. The largest absolute Gasteiger partial charge is 0.455 e. The Morgan fingerprint density at radius 3 is 1.13 bits per heavy atom. The minimum atomic E-state index is 0.0333. The molecule has 0 amide bonds. The van der Waals surface area contributed by atoms with Crippen molar-refractivity contribution in [1.29, 1.82) is 0 Å². The van der Waals surface area contributed by atoms with E-state index in [1.807, 2.05) is 60.7 Å². The number of fused-ring (bicyclic) bond motifs is 6. The van der Waals surface area contributed by atoms with E-state index in [0.717, 1.165) is 100 Å². The molecule has 13 aromatic rings. The van der Waals surface area contributed by atoms with Crippen molar-refractivity contribution in [2.24, 2.45) is 0 Å². The Bertz CT molecular complexity index is 3990. The van der Waals surface area contributed by atoms with Crippen LogP contribution in [0.5, 0.6) is 0 Å². The van der Waals surface area contributed by atoms with E-state index < -0.39 is 0 Å². The van der Waals surface area contributed by atoms with Crippen molar-refractivity contribution in [1.82, 2.24) is 19.9 Å². The molecular weight excluding hydrogens is 857 g/mol. The maximum atomic E-state index is 6.55. The average Bonchev–Trinajstić information content (AvgIpc) is 4.02. The van der Waals surface area contributed by atoms with Gasteiger partial charge in [0.2, 0.25) is 0 Å². The molecule has 2 atom stereocenters. The van der Waals surface area contributed by atoms with Crippen LogP contribution < -0.4 is 0 Å². The van der Waals surface area contributed by atoms with Gasteiger partial charge in [0.15, 0.2) is 11.6 Å². The van der Waals surface area contributed by atoms with Crippen LogP contribution in [-0.4, -0.2) is 19.9 Å². The van der Waals surface area contributed by atoms with Crippen LogP contribution in [0.3, 0.4) is 0 Å². The van der Waals surface area contributed by atoms with Crippen LogP contribution in [-0.2, 0) is 0 Å². The van der Waals surface area contributed by atoms with Crippen molar-refractivity contribution in [3.8, 4) is 67.8 Å². The van der Waals surface area contributed by atoms with E-state index in [0.29, 0.717) is 11.6 Å². The average molecular weight is 895 g/mol. The minimum absolute atomic E-state index is 0.0333. The summed E-state index contributed by atoms with van der Waals surface area (Å²) in [6, 6.07) is 76.7. The minimum Gasteiger partial charge on any atom is -0.455 e. The maximum absolute atomic E-state index is 6.55. The molecule has 6 nitrogen and oxygen atoms in total. The highest BCUT2D eigenvalue weighted by Gasteiger charge is 2.41. The highest BCUT2D eigenvalue weighted by Crippen LogP contribution is 2.57. The fourth-order valence-corrected chi connectivity index (χ4v) is 11.3. The monoisotopic (exact) mass is 894 g/mol. The molecule has 326 valence electrons. The van der Waals surface area contributed by atoms with Crippen LogP contribution in [0.15, 0.2) is 227 Å². The van der Waals surface area contributed by atoms with E-state index >= 15 is 0 Å². The highest BCUT2D eigenvalue weighted by molar-refractivity contribution is 6.10. The van der Waals surface area contributed by atoms with E-state index in [4.69, 9.17) is 28.8 Å². The van der Waals surface area contributed by atoms with Gasteiger partial charge in [0.1, 0.15) is 22.3 Å². The topological polar surface area (TPSA) is 77.8 Å². The normalized spacial score (nSPS) is 14.6. The Hall–Kier alpha value is -9.26. The van der Waals surface area contributed by atoms with Crippen LogP contribution in [0.2, 0.25) is 0 Å². The van der Waals surface area contributed by atoms with Gasteiger partial charge in [-0.3, -0.25) is 0 Å². The van der Waals surface area contributed by atoms with Crippen molar-refractivity contribution >= 4 is 43.9 Å². The lowest BCUT2D eigenvalue weighted by atomic mass is 9.60. The number of benzene rings is 9. The number of hydrogen-bond donors (Lipinski definition) is 0. The number of rotatable bonds is 6. The van der Waals surface area contributed by atoms with Gasteiger partial charge in [0.05, 0.1) is 22.8 Å². The molecular formula is C64H38N4O2. The zero-order valence-corrected chi connectivity index (χ0v) is 37.5. The lowest BCUT2D eigenvalue weighted by Crippen LogP contribution is -2.27. The summed E-state index contributed by atoms with van der Waals surface area (Å²) < 4.78 is 13.1. The molecule has 3 aliphatic rings. The van der Waals surface area contributed by atoms with Gasteiger partial charge in [-0.25, -0.2) is 19.9 Å². The number of para-hydroxylation sites is 4. The van der Waals surface area contributed by atoms with Crippen molar-refractivity contribution in [2.75, 3.05) is 0 Å². The second-order valence-electron chi connectivity index (χ2n) is 18.4. The number of nitrogens with zero attached hydrogens (tertiary/aromatic N) is 4. The zero-order valence-electron chi connectivity index (χ0n) is 37.5. The first-order valence-corrected chi connectivity index (χ1v) is 23.8. The molecule has 0 saturated heterocycles. The maximum Gasteiger partial charge on any atom is 0.160 e. The molecule has 0 N–H and O–H groups in total. The lowest BCUT2D eigenvalue weighted by Gasteiger charge is -2.42. The molecule has 0 saturated carbocycles. The first-order chi connectivity index (χ1) is 34.7. The number of aromatic nitrogens is 4. The molecule has 0 fully saturated rings. The first-order valence-electron chi connectivity index (χ1n) is 23.8. The van der Waals surface area contributed by atoms with Gasteiger partial charge in [-0.15, -0.1) is 0 Å². The van der Waals surface area contributed by atoms with Gasteiger partial charge >= 0.3 is 0 Å². The summed E-state index contributed by atoms with van der Waals surface area (Å²) in [6.07, 6.45) is 0. The quantitative estimate of drug-likeness (QED) is 0.165. The summed E-state index contributed by atoms with van der Waals surface area (Å²) in [5.41, 5.74) is 20.5. The van der Waals surface area contributed by atoms with Gasteiger partial charge in [0, 0.05) is 66.8 Å². The van der Waals surface area contributed by atoms with E-state index in [2.05, 4.69) is 158 Å². The van der Waals surface area contributed by atoms with Crippen molar-refractivity contribution in [3.63, 3.8) is 0 Å².